The number of carbonyl (C=O) groups is 3. The van der Waals surface area contributed by atoms with Gasteiger partial charge in [0.2, 0.25) is 0 Å². The molecule has 3 amide bonds. The fraction of sp³-hybridized carbons (Fsp3) is 0.571. The molecule has 4 bridgehead atoms. The Bertz CT molecular complexity index is 721. The lowest BCUT2D eigenvalue weighted by Gasteiger charge is -2.56. The summed E-state index contributed by atoms with van der Waals surface area (Å²) in [7, 11) is 0. The maximum absolute atomic E-state index is 12.3. The first-order chi connectivity index (χ1) is 12.9. The zero-order valence-corrected chi connectivity index (χ0v) is 15.6. The molecular weight excluding hydrogens is 344 g/mol. The lowest BCUT2D eigenvalue weighted by atomic mass is 9.53. The minimum absolute atomic E-state index is 0.155. The molecule has 144 valence electrons. The van der Waals surface area contributed by atoms with Crippen molar-refractivity contribution < 1.29 is 19.1 Å². The molecule has 0 atom stereocenters. The predicted molar refractivity (Wildman–Crippen MR) is 99.0 cm³/mol. The van der Waals surface area contributed by atoms with E-state index in [4.69, 9.17) is 4.74 Å². The average molecular weight is 370 g/mol. The summed E-state index contributed by atoms with van der Waals surface area (Å²) >= 11 is 0. The standard InChI is InChI=1S/C21H26N2O4/c1-13-2-4-17(5-3-13)19(25)27-12-18(24)22-20(26)23-21-9-14-6-15(10-21)8-16(7-14)11-21/h2-5,14-16H,6-12H2,1H3,(H2,22,23,24,26). The molecule has 0 unspecified atom stereocenters. The molecule has 4 aliphatic carbocycles. The first kappa shape index (κ1) is 18.0. The van der Waals surface area contributed by atoms with Crippen LogP contribution in [-0.4, -0.2) is 30.1 Å². The van der Waals surface area contributed by atoms with Gasteiger partial charge >= 0.3 is 12.0 Å². The van der Waals surface area contributed by atoms with Crippen molar-refractivity contribution >= 4 is 17.9 Å². The number of hydrogen-bond donors (Lipinski definition) is 2. The van der Waals surface area contributed by atoms with Crippen molar-refractivity contribution in [3.05, 3.63) is 35.4 Å². The van der Waals surface area contributed by atoms with Gasteiger partial charge in [-0.25, -0.2) is 9.59 Å². The summed E-state index contributed by atoms with van der Waals surface area (Å²) < 4.78 is 4.99. The number of rotatable bonds is 4. The van der Waals surface area contributed by atoms with E-state index < -0.39 is 24.5 Å². The van der Waals surface area contributed by atoms with Gasteiger partial charge in [0.25, 0.3) is 5.91 Å². The molecule has 0 spiro atoms. The number of amides is 3. The third kappa shape index (κ3) is 3.99. The van der Waals surface area contributed by atoms with Crippen LogP contribution in [0.4, 0.5) is 4.79 Å². The largest absolute Gasteiger partial charge is 0.452 e. The summed E-state index contributed by atoms with van der Waals surface area (Å²) in [4.78, 5) is 36.2. The van der Waals surface area contributed by atoms with Crippen LogP contribution < -0.4 is 10.6 Å². The number of urea groups is 1. The van der Waals surface area contributed by atoms with Crippen LogP contribution in [0.1, 0.15) is 54.4 Å². The van der Waals surface area contributed by atoms with Gasteiger partial charge in [-0.2, -0.15) is 0 Å². The molecule has 0 aliphatic heterocycles. The molecule has 4 saturated carbocycles. The molecule has 27 heavy (non-hydrogen) atoms. The van der Waals surface area contributed by atoms with Crippen LogP contribution in [0.25, 0.3) is 0 Å². The van der Waals surface area contributed by atoms with Crippen molar-refractivity contribution in [1.29, 1.82) is 0 Å². The molecule has 6 heteroatoms. The van der Waals surface area contributed by atoms with E-state index >= 15 is 0 Å². The Morgan fingerprint density at radius 2 is 1.56 bits per heavy atom. The molecule has 4 aliphatic rings. The van der Waals surface area contributed by atoms with Crippen molar-refractivity contribution in [1.82, 2.24) is 10.6 Å². The highest BCUT2D eigenvalue weighted by molar-refractivity contribution is 5.97. The molecule has 2 N–H and O–H groups in total. The highest BCUT2D eigenvalue weighted by Gasteiger charge is 2.51. The molecule has 0 heterocycles. The lowest BCUT2D eigenvalue weighted by molar-refractivity contribution is -0.123. The Morgan fingerprint density at radius 3 is 2.11 bits per heavy atom. The second-order valence-electron chi connectivity index (χ2n) is 8.64. The fourth-order valence-electron chi connectivity index (χ4n) is 5.60. The highest BCUT2D eigenvalue weighted by Crippen LogP contribution is 2.55. The van der Waals surface area contributed by atoms with Gasteiger partial charge < -0.3 is 10.1 Å². The number of esters is 1. The monoisotopic (exact) mass is 370 g/mol. The van der Waals surface area contributed by atoms with Gasteiger partial charge in [0.15, 0.2) is 6.61 Å². The Kier molecular flexibility index (Phi) is 4.66. The summed E-state index contributed by atoms with van der Waals surface area (Å²) in [6, 6.07) is 6.42. The molecule has 0 aromatic heterocycles. The molecule has 4 fully saturated rings. The second-order valence-corrected chi connectivity index (χ2v) is 8.64. The van der Waals surface area contributed by atoms with Gasteiger partial charge in [0.05, 0.1) is 5.56 Å². The van der Waals surface area contributed by atoms with Crippen molar-refractivity contribution in [2.45, 2.75) is 51.0 Å². The van der Waals surface area contributed by atoms with E-state index in [-0.39, 0.29) is 5.54 Å². The fourth-order valence-corrected chi connectivity index (χ4v) is 5.60. The van der Waals surface area contributed by atoms with E-state index in [1.54, 1.807) is 24.3 Å². The van der Waals surface area contributed by atoms with Gasteiger partial charge in [-0.3, -0.25) is 10.1 Å². The molecule has 6 nitrogen and oxygen atoms in total. The van der Waals surface area contributed by atoms with E-state index in [0.29, 0.717) is 23.3 Å². The van der Waals surface area contributed by atoms with Crippen LogP contribution in [0.2, 0.25) is 0 Å². The van der Waals surface area contributed by atoms with Crippen molar-refractivity contribution in [2.75, 3.05) is 6.61 Å². The maximum Gasteiger partial charge on any atom is 0.338 e. The number of benzene rings is 1. The van der Waals surface area contributed by atoms with Gasteiger partial charge in [-0.15, -0.1) is 0 Å². The van der Waals surface area contributed by atoms with Gasteiger partial charge in [-0.05, 0) is 75.3 Å². The smallest absolute Gasteiger partial charge is 0.338 e. The van der Waals surface area contributed by atoms with Crippen LogP contribution >= 0.6 is 0 Å². The number of imide groups is 1. The van der Waals surface area contributed by atoms with Crippen molar-refractivity contribution in [2.24, 2.45) is 17.8 Å². The van der Waals surface area contributed by atoms with Gasteiger partial charge in [0.1, 0.15) is 0 Å². The third-order valence-electron chi connectivity index (χ3n) is 6.29. The summed E-state index contributed by atoms with van der Waals surface area (Å²) in [5, 5.41) is 5.37. The SMILES string of the molecule is Cc1ccc(C(=O)OCC(=O)NC(=O)NC23CC4CC(CC(C4)C2)C3)cc1. The zero-order valence-electron chi connectivity index (χ0n) is 15.6. The molecular formula is C21H26N2O4. The van der Waals surface area contributed by atoms with Crippen molar-refractivity contribution in [3.63, 3.8) is 0 Å². The summed E-state index contributed by atoms with van der Waals surface area (Å²) in [6.45, 7) is 1.45. The van der Waals surface area contributed by atoms with Crippen LogP contribution in [-0.2, 0) is 9.53 Å². The summed E-state index contributed by atoms with van der Waals surface area (Å²) in [6.07, 6.45) is 6.92. The normalized spacial score (nSPS) is 30.6. The van der Waals surface area contributed by atoms with E-state index in [1.807, 2.05) is 6.92 Å². The van der Waals surface area contributed by atoms with E-state index in [1.165, 1.54) is 19.3 Å². The summed E-state index contributed by atoms with van der Waals surface area (Å²) in [5.74, 6) is 0.942. The molecule has 1 aromatic rings. The maximum atomic E-state index is 12.3. The van der Waals surface area contributed by atoms with Crippen LogP contribution in [0.15, 0.2) is 24.3 Å². The van der Waals surface area contributed by atoms with Crippen LogP contribution in [0.3, 0.4) is 0 Å². The highest BCUT2D eigenvalue weighted by atomic mass is 16.5. The number of ether oxygens (including phenoxy) is 1. The molecule has 0 saturated heterocycles. The topological polar surface area (TPSA) is 84.5 Å². The van der Waals surface area contributed by atoms with Gasteiger partial charge in [-0.1, -0.05) is 17.7 Å². The average Bonchev–Trinajstić information content (AvgIpc) is 2.58. The number of nitrogens with one attached hydrogen (secondary N) is 2. The Hall–Kier alpha value is -2.37. The van der Waals surface area contributed by atoms with Crippen LogP contribution in [0.5, 0.6) is 0 Å². The zero-order chi connectivity index (χ0) is 19.0. The Balaban J connectivity index is 1.25. The molecule has 5 rings (SSSR count). The second kappa shape index (κ2) is 6.98. The first-order valence-corrected chi connectivity index (χ1v) is 9.76. The third-order valence-corrected chi connectivity index (χ3v) is 6.29. The Morgan fingerprint density at radius 1 is 1.00 bits per heavy atom. The number of hydrogen-bond acceptors (Lipinski definition) is 4. The Labute approximate surface area is 159 Å². The van der Waals surface area contributed by atoms with Gasteiger partial charge in [0, 0.05) is 5.54 Å². The minimum Gasteiger partial charge on any atom is -0.452 e. The number of aryl methyl sites for hydroxylation is 1. The molecule has 1 aromatic carbocycles. The lowest BCUT2D eigenvalue weighted by Crippen LogP contribution is -2.62. The van der Waals surface area contributed by atoms with Crippen molar-refractivity contribution in [3.8, 4) is 0 Å². The van der Waals surface area contributed by atoms with E-state index in [0.717, 1.165) is 24.8 Å². The summed E-state index contributed by atoms with van der Waals surface area (Å²) in [5.41, 5.74) is 1.26. The minimum atomic E-state index is -0.613. The van der Waals surface area contributed by atoms with Crippen LogP contribution in [0, 0.1) is 24.7 Å². The quantitative estimate of drug-likeness (QED) is 0.798. The number of carbonyl (C=O) groups excluding carboxylic acids is 3. The first-order valence-electron chi connectivity index (χ1n) is 9.76. The van der Waals surface area contributed by atoms with E-state index in [9.17, 15) is 14.4 Å². The van der Waals surface area contributed by atoms with E-state index in [2.05, 4.69) is 10.6 Å². The predicted octanol–water partition coefficient (Wildman–Crippen LogP) is 2.95. The molecule has 0 radical (unpaired) electrons.